The third-order valence-corrected chi connectivity index (χ3v) is 6.12. The second-order valence-electron chi connectivity index (χ2n) is 8.01. The van der Waals surface area contributed by atoms with Gasteiger partial charge < -0.3 is 25.7 Å². The molecule has 1 atom stereocenters. The highest BCUT2D eigenvalue weighted by molar-refractivity contribution is 6.31. The van der Waals surface area contributed by atoms with Crippen LogP contribution in [-0.2, 0) is 11.2 Å². The number of carboxylic acid groups (broad SMARTS) is 1. The number of nitrogens with two attached hydrogens (primary N) is 1. The number of nitrogen functional groups attached to an aromatic ring is 1. The number of H-pyrrole nitrogens is 1. The average Bonchev–Trinajstić information content (AvgIpc) is 3.40. The Morgan fingerprint density at radius 1 is 1.12 bits per heavy atom. The Bertz CT molecular complexity index is 1500. The van der Waals surface area contributed by atoms with E-state index in [1.54, 1.807) is 36.4 Å². The fourth-order valence-electron chi connectivity index (χ4n) is 4.32. The minimum absolute atomic E-state index is 0.0703. The zero-order chi connectivity index (χ0) is 23.3. The number of carbonyl (C=O) groups excluding carboxylic acids is 1. The Kier molecular flexibility index (Phi) is 4.94. The topological polar surface area (TPSA) is 130 Å². The summed E-state index contributed by atoms with van der Waals surface area (Å²) in [6.07, 6.45) is 1.06. The van der Waals surface area contributed by atoms with Gasteiger partial charge in [0.25, 0.3) is 5.56 Å². The van der Waals surface area contributed by atoms with Crippen molar-refractivity contribution in [1.29, 1.82) is 0 Å². The van der Waals surface area contributed by atoms with Gasteiger partial charge in [-0.25, -0.2) is 4.79 Å². The summed E-state index contributed by atoms with van der Waals surface area (Å²) >= 11 is 6.10. The van der Waals surface area contributed by atoms with Crippen LogP contribution >= 0.6 is 11.6 Å². The molecule has 0 saturated carbocycles. The van der Waals surface area contributed by atoms with E-state index in [1.165, 1.54) is 16.7 Å². The number of aromatic carboxylic acids is 1. The summed E-state index contributed by atoms with van der Waals surface area (Å²) in [5, 5.41) is 13.2. The lowest BCUT2D eigenvalue weighted by molar-refractivity contribution is -0.119. The van der Waals surface area contributed by atoms with E-state index in [9.17, 15) is 14.4 Å². The molecule has 0 fully saturated rings. The number of anilines is 2. The molecule has 5 N–H and O–H groups in total. The normalized spacial score (nSPS) is 14.9. The number of rotatable bonds is 4. The highest BCUT2D eigenvalue weighted by Crippen LogP contribution is 2.32. The number of carboxylic acids is 1. The molecule has 0 aliphatic carbocycles. The molecule has 2 aromatic heterocycles. The van der Waals surface area contributed by atoms with Gasteiger partial charge >= 0.3 is 5.97 Å². The van der Waals surface area contributed by atoms with Gasteiger partial charge in [0.05, 0.1) is 0 Å². The maximum atomic E-state index is 13.0. The van der Waals surface area contributed by atoms with Crippen molar-refractivity contribution >= 4 is 45.8 Å². The molecule has 166 valence electrons. The fourth-order valence-corrected chi connectivity index (χ4v) is 4.49. The van der Waals surface area contributed by atoms with Crippen LogP contribution in [0.1, 0.15) is 28.6 Å². The second-order valence-corrected chi connectivity index (χ2v) is 8.45. The first kappa shape index (κ1) is 20.8. The van der Waals surface area contributed by atoms with E-state index in [1.807, 2.05) is 6.07 Å². The largest absolute Gasteiger partial charge is 0.477 e. The van der Waals surface area contributed by atoms with Crippen LogP contribution in [0.25, 0.3) is 22.0 Å². The van der Waals surface area contributed by atoms with Gasteiger partial charge in [0.1, 0.15) is 11.7 Å². The Balaban J connectivity index is 1.43. The third kappa shape index (κ3) is 3.74. The van der Waals surface area contributed by atoms with Gasteiger partial charge in [0, 0.05) is 44.6 Å². The van der Waals surface area contributed by atoms with Crippen LogP contribution in [0.15, 0.2) is 59.4 Å². The van der Waals surface area contributed by atoms with Crippen LogP contribution < -0.4 is 16.6 Å². The molecule has 0 unspecified atom stereocenters. The summed E-state index contributed by atoms with van der Waals surface area (Å²) in [7, 11) is 0. The molecule has 3 heterocycles. The monoisotopic (exact) mass is 462 g/mol. The van der Waals surface area contributed by atoms with Crippen LogP contribution in [0.3, 0.4) is 0 Å². The first-order valence-electron chi connectivity index (χ1n) is 10.3. The zero-order valence-electron chi connectivity index (χ0n) is 17.3. The fraction of sp³-hybridized carbons (Fsp3) is 0.125. The lowest BCUT2D eigenvalue weighted by Gasteiger charge is -2.16. The maximum Gasteiger partial charge on any atom is 0.352 e. The van der Waals surface area contributed by atoms with E-state index in [0.29, 0.717) is 45.9 Å². The number of amides is 1. The summed E-state index contributed by atoms with van der Waals surface area (Å²) in [6.45, 7) is 0. The van der Waals surface area contributed by atoms with Crippen molar-refractivity contribution in [2.45, 2.75) is 18.9 Å². The molecule has 1 aliphatic heterocycles. The SMILES string of the molecule is Nc1ccc(Cl)cc1-c1cc2n(c(=O)c1)[C@H](C(=O)Nc1ccc3cc(C(=O)O)[nH]c3c1)CC2. The van der Waals surface area contributed by atoms with E-state index in [0.717, 1.165) is 11.1 Å². The average molecular weight is 463 g/mol. The van der Waals surface area contributed by atoms with Crippen LogP contribution in [0, 0.1) is 0 Å². The highest BCUT2D eigenvalue weighted by Gasteiger charge is 2.30. The van der Waals surface area contributed by atoms with Crippen molar-refractivity contribution in [3.8, 4) is 11.1 Å². The number of fused-ring (bicyclic) bond motifs is 2. The van der Waals surface area contributed by atoms with Gasteiger partial charge in [-0.15, -0.1) is 0 Å². The van der Waals surface area contributed by atoms with Crippen molar-refractivity contribution in [3.05, 3.63) is 81.4 Å². The van der Waals surface area contributed by atoms with Gasteiger partial charge in [0.2, 0.25) is 5.91 Å². The van der Waals surface area contributed by atoms with E-state index < -0.39 is 12.0 Å². The maximum absolute atomic E-state index is 13.0. The molecular weight excluding hydrogens is 444 g/mol. The van der Waals surface area contributed by atoms with Gasteiger partial charge in [0.15, 0.2) is 0 Å². The summed E-state index contributed by atoms with van der Waals surface area (Å²) in [4.78, 5) is 39.9. The zero-order valence-corrected chi connectivity index (χ0v) is 18.0. The smallest absolute Gasteiger partial charge is 0.352 e. The van der Waals surface area contributed by atoms with E-state index in [4.69, 9.17) is 22.4 Å². The number of halogens is 1. The Morgan fingerprint density at radius 3 is 2.73 bits per heavy atom. The van der Waals surface area contributed by atoms with Gasteiger partial charge in [-0.3, -0.25) is 9.59 Å². The van der Waals surface area contributed by atoms with Crippen molar-refractivity contribution in [2.24, 2.45) is 0 Å². The quantitative estimate of drug-likeness (QED) is 0.340. The summed E-state index contributed by atoms with van der Waals surface area (Å²) in [5.41, 5.74) is 9.57. The van der Waals surface area contributed by atoms with Gasteiger partial charge in [-0.1, -0.05) is 17.7 Å². The Hall–Kier alpha value is -4.04. The van der Waals surface area contributed by atoms with Crippen LogP contribution in [0.2, 0.25) is 5.02 Å². The van der Waals surface area contributed by atoms with E-state index in [-0.39, 0.29) is 17.2 Å². The van der Waals surface area contributed by atoms with Crippen molar-refractivity contribution in [3.63, 3.8) is 0 Å². The molecule has 8 nitrogen and oxygen atoms in total. The molecule has 5 rings (SSSR count). The molecule has 0 bridgehead atoms. The lowest BCUT2D eigenvalue weighted by Crippen LogP contribution is -2.31. The number of nitrogens with one attached hydrogen (secondary N) is 2. The highest BCUT2D eigenvalue weighted by atomic mass is 35.5. The molecule has 0 radical (unpaired) electrons. The molecule has 1 amide bonds. The van der Waals surface area contributed by atoms with Crippen molar-refractivity contribution in [1.82, 2.24) is 9.55 Å². The van der Waals surface area contributed by atoms with Crippen LogP contribution in [0.4, 0.5) is 11.4 Å². The lowest BCUT2D eigenvalue weighted by atomic mass is 10.0. The van der Waals surface area contributed by atoms with E-state index in [2.05, 4.69) is 10.3 Å². The van der Waals surface area contributed by atoms with Crippen LogP contribution in [0.5, 0.6) is 0 Å². The molecule has 0 spiro atoms. The third-order valence-electron chi connectivity index (χ3n) is 5.88. The Morgan fingerprint density at radius 2 is 1.94 bits per heavy atom. The number of benzene rings is 2. The number of nitrogens with zero attached hydrogens (tertiary/aromatic N) is 1. The first-order valence-corrected chi connectivity index (χ1v) is 10.7. The molecule has 2 aromatic carbocycles. The van der Waals surface area contributed by atoms with Crippen molar-refractivity contribution in [2.75, 3.05) is 11.1 Å². The van der Waals surface area contributed by atoms with Gasteiger partial charge in [-0.2, -0.15) is 0 Å². The minimum Gasteiger partial charge on any atom is -0.477 e. The molecule has 4 aromatic rings. The molecular formula is C24H19ClN4O4. The minimum atomic E-state index is -1.06. The number of aromatic nitrogens is 2. The summed E-state index contributed by atoms with van der Waals surface area (Å²) in [5.74, 6) is -1.37. The number of aryl methyl sites for hydroxylation is 1. The second kappa shape index (κ2) is 7.83. The van der Waals surface area contributed by atoms with Crippen LogP contribution in [-0.4, -0.2) is 26.5 Å². The predicted octanol–water partition coefficient (Wildman–Crippen LogP) is 4.06. The molecule has 9 heteroatoms. The Labute approximate surface area is 192 Å². The predicted molar refractivity (Wildman–Crippen MR) is 127 cm³/mol. The number of carbonyl (C=O) groups is 2. The number of hydrogen-bond acceptors (Lipinski definition) is 4. The summed E-state index contributed by atoms with van der Waals surface area (Å²) < 4.78 is 1.51. The number of aromatic amines is 1. The first-order chi connectivity index (χ1) is 15.8. The van der Waals surface area contributed by atoms with E-state index >= 15 is 0 Å². The van der Waals surface area contributed by atoms with Gasteiger partial charge in [-0.05, 0) is 60.9 Å². The molecule has 1 aliphatic rings. The molecule has 0 saturated heterocycles. The number of pyridine rings is 1. The molecule has 33 heavy (non-hydrogen) atoms. The number of hydrogen-bond donors (Lipinski definition) is 4. The standard InChI is InChI=1S/C24H19ClN4O4/c25-14-2-5-18(26)17(10-14)13-7-16-4-6-21(29(16)22(30)9-13)23(31)27-15-3-1-12-8-20(24(32)33)28-19(12)11-15/h1-3,5,7-11,21,28H,4,6,26H2,(H,27,31)(H,32,33)/t21-/m0/s1. The van der Waals surface area contributed by atoms with Crippen molar-refractivity contribution < 1.29 is 14.7 Å². The summed E-state index contributed by atoms with van der Waals surface area (Å²) in [6, 6.07) is 14.4.